The van der Waals surface area contributed by atoms with Crippen LogP contribution in [0.5, 0.6) is 0 Å². The SMILES string of the molecule is CCNc1ccc(C2=NNC(=O)CC2)cc1C(F)(F)F. The van der Waals surface area contributed by atoms with E-state index < -0.39 is 11.7 Å². The second-order valence-corrected chi connectivity index (χ2v) is 4.38. The molecular formula is C13H14F3N3O. The summed E-state index contributed by atoms with van der Waals surface area (Å²) < 4.78 is 39.1. The molecule has 0 bridgehead atoms. The van der Waals surface area contributed by atoms with Crippen LogP contribution in [0.25, 0.3) is 0 Å². The average molecular weight is 285 g/mol. The zero-order valence-corrected chi connectivity index (χ0v) is 10.8. The van der Waals surface area contributed by atoms with Gasteiger partial charge >= 0.3 is 6.18 Å². The third kappa shape index (κ3) is 3.09. The van der Waals surface area contributed by atoms with Crippen LogP contribution in [0.15, 0.2) is 23.3 Å². The van der Waals surface area contributed by atoms with E-state index in [1.165, 1.54) is 6.07 Å². The zero-order chi connectivity index (χ0) is 14.8. The lowest BCUT2D eigenvalue weighted by Crippen LogP contribution is -2.26. The minimum atomic E-state index is -4.44. The first-order valence-electron chi connectivity index (χ1n) is 6.22. The molecule has 0 spiro atoms. The number of amides is 1. The van der Waals surface area contributed by atoms with Crippen LogP contribution in [0.4, 0.5) is 18.9 Å². The van der Waals surface area contributed by atoms with Crippen LogP contribution in [0.3, 0.4) is 0 Å². The first kappa shape index (κ1) is 14.4. The van der Waals surface area contributed by atoms with Gasteiger partial charge in [0.25, 0.3) is 0 Å². The van der Waals surface area contributed by atoms with Gasteiger partial charge in [0.15, 0.2) is 0 Å². The van der Waals surface area contributed by atoms with E-state index in [9.17, 15) is 18.0 Å². The number of hydrazone groups is 1. The quantitative estimate of drug-likeness (QED) is 0.897. The molecule has 2 rings (SSSR count). The third-order valence-corrected chi connectivity index (χ3v) is 2.93. The predicted octanol–water partition coefficient (Wildman–Crippen LogP) is 2.75. The molecule has 2 N–H and O–H groups in total. The van der Waals surface area contributed by atoms with Crippen molar-refractivity contribution in [2.45, 2.75) is 25.9 Å². The monoisotopic (exact) mass is 285 g/mol. The predicted molar refractivity (Wildman–Crippen MR) is 69.5 cm³/mol. The number of nitrogens with zero attached hydrogens (tertiary/aromatic N) is 1. The lowest BCUT2D eigenvalue weighted by atomic mass is 10.0. The lowest BCUT2D eigenvalue weighted by molar-refractivity contribution is -0.137. The molecule has 20 heavy (non-hydrogen) atoms. The second-order valence-electron chi connectivity index (χ2n) is 4.38. The van der Waals surface area contributed by atoms with Gasteiger partial charge in [0, 0.05) is 25.1 Å². The highest BCUT2D eigenvalue weighted by Crippen LogP contribution is 2.35. The summed E-state index contributed by atoms with van der Waals surface area (Å²) in [5.74, 6) is -0.228. The molecule has 0 aromatic heterocycles. The number of hydrogen-bond acceptors (Lipinski definition) is 3. The smallest absolute Gasteiger partial charge is 0.385 e. The van der Waals surface area contributed by atoms with Crippen LogP contribution in [-0.2, 0) is 11.0 Å². The number of carbonyl (C=O) groups excluding carboxylic acids is 1. The van der Waals surface area contributed by atoms with E-state index in [1.54, 1.807) is 13.0 Å². The summed E-state index contributed by atoms with van der Waals surface area (Å²) in [6, 6.07) is 4.03. The van der Waals surface area contributed by atoms with Crippen molar-refractivity contribution in [1.82, 2.24) is 5.43 Å². The number of benzene rings is 1. The van der Waals surface area contributed by atoms with E-state index in [0.717, 1.165) is 6.07 Å². The maximum atomic E-state index is 13.0. The molecule has 1 heterocycles. The molecule has 0 saturated heterocycles. The Bertz CT molecular complexity index is 552. The molecule has 0 saturated carbocycles. The van der Waals surface area contributed by atoms with Crippen molar-refractivity contribution >= 4 is 17.3 Å². The highest BCUT2D eigenvalue weighted by atomic mass is 19.4. The first-order valence-corrected chi connectivity index (χ1v) is 6.22. The number of rotatable bonds is 3. The molecule has 0 aliphatic carbocycles. The fraction of sp³-hybridized carbons (Fsp3) is 0.385. The highest BCUT2D eigenvalue weighted by Gasteiger charge is 2.34. The molecule has 7 heteroatoms. The van der Waals surface area contributed by atoms with Crippen molar-refractivity contribution in [3.8, 4) is 0 Å². The van der Waals surface area contributed by atoms with E-state index in [4.69, 9.17) is 0 Å². The highest BCUT2D eigenvalue weighted by molar-refractivity contribution is 6.04. The van der Waals surface area contributed by atoms with Gasteiger partial charge in [-0.25, -0.2) is 5.43 Å². The maximum Gasteiger partial charge on any atom is 0.418 e. The number of hydrogen-bond donors (Lipinski definition) is 2. The minimum absolute atomic E-state index is 0.0456. The van der Waals surface area contributed by atoms with E-state index in [2.05, 4.69) is 15.8 Å². The van der Waals surface area contributed by atoms with E-state index in [0.29, 0.717) is 24.2 Å². The molecule has 0 fully saturated rings. The van der Waals surface area contributed by atoms with Crippen LogP contribution < -0.4 is 10.7 Å². The summed E-state index contributed by atoms with van der Waals surface area (Å²) in [4.78, 5) is 11.0. The Morgan fingerprint density at radius 1 is 1.35 bits per heavy atom. The fourth-order valence-electron chi connectivity index (χ4n) is 1.99. The van der Waals surface area contributed by atoms with Crippen molar-refractivity contribution in [3.05, 3.63) is 29.3 Å². The summed E-state index contributed by atoms with van der Waals surface area (Å²) >= 11 is 0. The summed E-state index contributed by atoms with van der Waals surface area (Å²) in [5, 5.41) is 6.50. The molecular weight excluding hydrogens is 271 g/mol. The van der Waals surface area contributed by atoms with Gasteiger partial charge in [-0.2, -0.15) is 18.3 Å². The van der Waals surface area contributed by atoms with Gasteiger partial charge in [-0.1, -0.05) is 6.07 Å². The van der Waals surface area contributed by atoms with Gasteiger partial charge < -0.3 is 5.32 Å². The standard InChI is InChI=1S/C13H14F3N3O/c1-2-17-11-4-3-8(7-9(11)13(14,15)16)10-5-6-12(20)19-18-10/h3-4,7,17H,2,5-6H2,1H3,(H,19,20). The Labute approximate surface area is 114 Å². The van der Waals surface area contributed by atoms with Gasteiger partial charge in [0.05, 0.1) is 11.3 Å². The van der Waals surface area contributed by atoms with Crippen LogP contribution in [0, 0.1) is 0 Å². The van der Waals surface area contributed by atoms with Gasteiger partial charge in [-0.05, 0) is 24.6 Å². The molecule has 1 amide bonds. The number of halogens is 3. The van der Waals surface area contributed by atoms with Crippen molar-refractivity contribution in [2.24, 2.45) is 5.10 Å². The van der Waals surface area contributed by atoms with Crippen molar-refractivity contribution < 1.29 is 18.0 Å². The summed E-state index contributed by atoms with van der Waals surface area (Å²) in [7, 11) is 0. The number of carbonyl (C=O) groups is 1. The molecule has 1 aromatic carbocycles. The number of anilines is 1. The van der Waals surface area contributed by atoms with Crippen molar-refractivity contribution in [1.29, 1.82) is 0 Å². The Hall–Kier alpha value is -2.05. The normalized spacial score (nSPS) is 15.6. The molecule has 108 valence electrons. The molecule has 1 aliphatic rings. The first-order chi connectivity index (χ1) is 9.41. The van der Waals surface area contributed by atoms with E-state index in [-0.39, 0.29) is 18.0 Å². The average Bonchev–Trinajstić information content (AvgIpc) is 2.39. The summed E-state index contributed by atoms with van der Waals surface area (Å²) in [5.41, 5.74) is 2.43. The van der Waals surface area contributed by atoms with Crippen LogP contribution in [-0.4, -0.2) is 18.2 Å². The van der Waals surface area contributed by atoms with Gasteiger partial charge in [0.2, 0.25) is 5.91 Å². The molecule has 0 radical (unpaired) electrons. The van der Waals surface area contributed by atoms with Gasteiger partial charge in [-0.15, -0.1) is 0 Å². The molecule has 1 aliphatic heterocycles. The largest absolute Gasteiger partial charge is 0.418 e. The van der Waals surface area contributed by atoms with Crippen LogP contribution in [0.1, 0.15) is 30.9 Å². The Morgan fingerprint density at radius 3 is 2.65 bits per heavy atom. The van der Waals surface area contributed by atoms with E-state index in [1.807, 2.05) is 0 Å². The van der Waals surface area contributed by atoms with Crippen molar-refractivity contribution in [2.75, 3.05) is 11.9 Å². The molecule has 4 nitrogen and oxygen atoms in total. The number of alkyl halides is 3. The summed E-state index contributed by atoms with van der Waals surface area (Å²) in [6.45, 7) is 2.13. The second kappa shape index (κ2) is 5.52. The molecule has 0 atom stereocenters. The maximum absolute atomic E-state index is 13.0. The summed E-state index contributed by atoms with van der Waals surface area (Å²) in [6.07, 6.45) is -3.87. The Balaban J connectivity index is 2.39. The minimum Gasteiger partial charge on any atom is -0.385 e. The Kier molecular flexibility index (Phi) is 3.96. The lowest BCUT2D eigenvalue weighted by Gasteiger charge is -2.17. The van der Waals surface area contributed by atoms with Crippen LogP contribution in [0.2, 0.25) is 0 Å². The molecule has 1 aromatic rings. The zero-order valence-electron chi connectivity index (χ0n) is 10.8. The number of nitrogens with one attached hydrogen (secondary N) is 2. The fourth-order valence-corrected chi connectivity index (χ4v) is 1.99. The topological polar surface area (TPSA) is 53.5 Å². The van der Waals surface area contributed by atoms with Gasteiger partial charge in [-0.3, -0.25) is 4.79 Å². The molecule has 0 unspecified atom stereocenters. The van der Waals surface area contributed by atoms with Crippen molar-refractivity contribution in [3.63, 3.8) is 0 Å². The van der Waals surface area contributed by atoms with Crippen LogP contribution >= 0.6 is 0 Å². The third-order valence-electron chi connectivity index (χ3n) is 2.93. The van der Waals surface area contributed by atoms with E-state index >= 15 is 0 Å². The van der Waals surface area contributed by atoms with Gasteiger partial charge in [0.1, 0.15) is 0 Å². The Morgan fingerprint density at radius 2 is 2.10 bits per heavy atom.